The van der Waals surface area contributed by atoms with E-state index in [1.54, 1.807) is 17.7 Å². The highest BCUT2D eigenvalue weighted by molar-refractivity contribution is 6.00. The number of aromatic nitrogens is 2. The van der Waals surface area contributed by atoms with Crippen LogP contribution in [0.15, 0.2) is 47.2 Å². The van der Waals surface area contributed by atoms with Crippen molar-refractivity contribution in [3.63, 3.8) is 0 Å². The predicted molar refractivity (Wildman–Crippen MR) is 70.8 cm³/mol. The van der Waals surface area contributed by atoms with Gasteiger partial charge >= 0.3 is 0 Å². The van der Waals surface area contributed by atoms with Crippen molar-refractivity contribution in [2.45, 2.75) is 13.0 Å². The highest BCUT2D eigenvalue weighted by Crippen LogP contribution is 2.17. The van der Waals surface area contributed by atoms with Gasteiger partial charge in [-0.25, -0.2) is 4.98 Å². The molecule has 5 nitrogen and oxygen atoms in total. The van der Waals surface area contributed by atoms with Gasteiger partial charge in [-0.3, -0.25) is 9.36 Å². The minimum atomic E-state index is -0.331. The van der Waals surface area contributed by atoms with E-state index < -0.39 is 0 Å². The number of hydrogen-bond acceptors (Lipinski definition) is 4. The maximum absolute atomic E-state index is 12.4. The van der Waals surface area contributed by atoms with Crippen molar-refractivity contribution in [3.05, 3.63) is 54.4 Å². The van der Waals surface area contributed by atoms with Gasteiger partial charge in [0.1, 0.15) is 6.26 Å². The van der Waals surface area contributed by atoms with Crippen LogP contribution in [-0.4, -0.2) is 15.5 Å². The molecule has 96 valence electrons. The van der Waals surface area contributed by atoms with Crippen molar-refractivity contribution < 1.29 is 9.21 Å². The van der Waals surface area contributed by atoms with Crippen LogP contribution in [0.25, 0.3) is 10.9 Å². The maximum atomic E-state index is 12.4. The fraction of sp³-hybridized carbons (Fsp3) is 0.143. The molecule has 0 aliphatic rings. The second-order valence-electron chi connectivity index (χ2n) is 4.41. The minimum absolute atomic E-state index is 0.225. The van der Waals surface area contributed by atoms with Crippen LogP contribution in [0, 0.1) is 0 Å². The van der Waals surface area contributed by atoms with Crippen molar-refractivity contribution in [2.24, 2.45) is 5.73 Å². The lowest BCUT2D eigenvalue weighted by Gasteiger charge is -2.00. The maximum Gasteiger partial charge on any atom is 0.284 e. The number of oxazole rings is 1. The van der Waals surface area contributed by atoms with Gasteiger partial charge in [0.15, 0.2) is 5.69 Å². The zero-order valence-electron chi connectivity index (χ0n) is 10.4. The molecule has 0 radical (unpaired) electrons. The number of rotatable bonds is 2. The minimum Gasteiger partial charge on any atom is -0.446 e. The highest BCUT2D eigenvalue weighted by Gasteiger charge is 2.17. The summed E-state index contributed by atoms with van der Waals surface area (Å²) in [7, 11) is 0. The Morgan fingerprint density at radius 3 is 2.89 bits per heavy atom. The third-order valence-corrected chi connectivity index (χ3v) is 2.95. The molecule has 1 atom stereocenters. The number of carbonyl (C=O) groups is 1. The average Bonchev–Trinajstić information content (AvgIpc) is 3.05. The summed E-state index contributed by atoms with van der Waals surface area (Å²) in [6, 6.07) is 9.22. The first-order valence-corrected chi connectivity index (χ1v) is 5.98. The Morgan fingerprint density at radius 1 is 1.37 bits per heavy atom. The van der Waals surface area contributed by atoms with Gasteiger partial charge < -0.3 is 10.2 Å². The molecular formula is C14H13N3O2. The zero-order valence-corrected chi connectivity index (χ0v) is 10.4. The van der Waals surface area contributed by atoms with Crippen molar-refractivity contribution >= 4 is 16.8 Å². The SMILES string of the molecule is CC(N)c1nc(C(=O)n2ccc3ccccc32)co1. The van der Waals surface area contributed by atoms with Gasteiger partial charge in [0, 0.05) is 11.6 Å². The molecule has 0 saturated heterocycles. The quantitative estimate of drug-likeness (QED) is 0.762. The van der Waals surface area contributed by atoms with E-state index in [0.29, 0.717) is 5.89 Å². The van der Waals surface area contributed by atoms with E-state index in [9.17, 15) is 4.79 Å². The first-order chi connectivity index (χ1) is 9.16. The van der Waals surface area contributed by atoms with Crippen molar-refractivity contribution in [3.8, 4) is 0 Å². The lowest BCUT2D eigenvalue weighted by Crippen LogP contribution is -2.12. The molecule has 1 aromatic carbocycles. The zero-order chi connectivity index (χ0) is 13.4. The van der Waals surface area contributed by atoms with Crippen LogP contribution in [0.2, 0.25) is 0 Å². The van der Waals surface area contributed by atoms with E-state index in [1.165, 1.54) is 6.26 Å². The van der Waals surface area contributed by atoms with E-state index in [-0.39, 0.29) is 17.6 Å². The van der Waals surface area contributed by atoms with E-state index in [2.05, 4.69) is 4.98 Å². The molecule has 1 unspecified atom stereocenters. The second-order valence-corrected chi connectivity index (χ2v) is 4.41. The number of fused-ring (bicyclic) bond motifs is 1. The monoisotopic (exact) mass is 255 g/mol. The smallest absolute Gasteiger partial charge is 0.284 e. The number of hydrogen-bond donors (Lipinski definition) is 1. The normalized spacial score (nSPS) is 12.7. The second kappa shape index (κ2) is 4.37. The summed E-state index contributed by atoms with van der Waals surface area (Å²) in [5, 5.41) is 1.01. The Kier molecular flexibility index (Phi) is 2.68. The van der Waals surface area contributed by atoms with Crippen LogP contribution in [0.4, 0.5) is 0 Å². The molecule has 0 bridgehead atoms. The molecule has 19 heavy (non-hydrogen) atoms. The first kappa shape index (κ1) is 11.7. The topological polar surface area (TPSA) is 74.0 Å². The van der Waals surface area contributed by atoms with Gasteiger partial charge in [-0.15, -0.1) is 0 Å². The average molecular weight is 255 g/mol. The Bertz CT molecular complexity index is 740. The van der Waals surface area contributed by atoms with Crippen LogP contribution in [0.1, 0.15) is 29.3 Å². The first-order valence-electron chi connectivity index (χ1n) is 5.98. The van der Waals surface area contributed by atoms with Gasteiger partial charge in [0.05, 0.1) is 11.6 Å². The third kappa shape index (κ3) is 1.94. The summed E-state index contributed by atoms with van der Waals surface area (Å²) in [6.45, 7) is 1.76. The molecule has 0 amide bonds. The summed E-state index contributed by atoms with van der Waals surface area (Å²) in [5.41, 5.74) is 6.77. The van der Waals surface area contributed by atoms with Crippen LogP contribution in [0.3, 0.4) is 0 Å². The van der Waals surface area contributed by atoms with Gasteiger partial charge in [0.2, 0.25) is 5.89 Å². The van der Waals surface area contributed by atoms with E-state index in [0.717, 1.165) is 10.9 Å². The number of carbonyl (C=O) groups excluding carboxylic acids is 1. The van der Waals surface area contributed by atoms with Gasteiger partial charge in [-0.2, -0.15) is 0 Å². The van der Waals surface area contributed by atoms with Gasteiger partial charge in [-0.05, 0) is 19.1 Å². The highest BCUT2D eigenvalue weighted by atomic mass is 16.3. The van der Waals surface area contributed by atoms with Crippen LogP contribution in [-0.2, 0) is 0 Å². The lowest BCUT2D eigenvalue weighted by atomic mass is 10.2. The molecule has 2 heterocycles. The molecule has 0 saturated carbocycles. The molecule has 2 aromatic heterocycles. The van der Waals surface area contributed by atoms with Crippen LogP contribution in [0.5, 0.6) is 0 Å². The summed E-state index contributed by atoms with van der Waals surface area (Å²) >= 11 is 0. The van der Waals surface area contributed by atoms with Gasteiger partial charge in [0.25, 0.3) is 5.91 Å². The molecule has 3 aromatic rings. The molecule has 0 fully saturated rings. The number of nitrogens with two attached hydrogens (primary N) is 1. The lowest BCUT2D eigenvalue weighted by molar-refractivity contribution is 0.0960. The third-order valence-electron chi connectivity index (χ3n) is 2.95. The molecule has 5 heteroatoms. The number of nitrogens with zero attached hydrogens (tertiary/aromatic N) is 2. The summed E-state index contributed by atoms with van der Waals surface area (Å²) in [5.74, 6) is 0.136. The molecule has 2 N–H and O–H groups in total. The standard InChI is InChI=1S/C14H13N3O2/c1-9(15)13-16-11(8-19-13)14(18)17-7-6-10-4-2-3-5-12(10)17/h2-9H,15H2,1H3. The fourth-order valence-electron chi connectivity index (χ4n) is 1.98. The summed E-state index contributed by atoms with van der Waals surface area (Å²) in [6.07, 6.45) is 3.07. The van der Waals surface area contributed by atoms with E-state index in [1.807, 2.05) is 30.3 Å². The van der Waals surface area contributed by atoms with Crippen molar-refractivity contribution in [2.75, 3.05) is 0 Å². The number of para-hydroxylation sites is 1. The van der Waals surface area contributed by atoms with Crippen LogP contribution >= 0.6 is 0 Å². The number of benzene rings is 1. The van der Waals surface area contributed by atoms with E-state index >= 15 is 0 Å². The molecule has 0 aliphatic carbocycles. The largest absolute Gasteiger partial charge is 0.446 e. The molecule has 0 aliphatic heterocycles. The molecule has 3 rings (SSSR count). The summed E-state index contributed by atoms with van der Waals surface area (Å²) < 4.78 is 6.74. The van der Waals surface area contributed by atoms with E-state index in [4.69, 9.17) is 10.2 Å². The van der Waals surface area contributed by atoms with Crippen molar-refractivity contribution in [1.82, 2.24) is 9.55 Å². The van der Waals surface area contributed by atoms with Crippen LogP contribution < -0.4 is 5.73 Å². The fourth-order valence-corrected chi connectivity index (χ4v) is 1.98. The Labute approximate surface area is 109 Å². The molecule has 0 spiro atoms. The summed E-state index contributed by atoms with van der Waals surface area (Å²) in [4.78, 5) is 16.5. The van der Waals surface area contributed by atoms with Crippen molar-refractivity contribution in [1.29, 1.82) is 0 Å². The Morgan fingerprint density at radius 2 is 2.16 bits per heavy atom. The Balaban J connectivity index is 2.03. The molecular weight excluding hydrogens is 242 g/mol. The van der Waals surface area contributed by atoms with Gasteiger partial charge in [-0.1, -0.05) is 18.2 Å². The predicted octanol–water partition coefficient (Wildman–Crippen LogP) is 2.34. The Hall–Kier alpha value is -2.40.